The van der Waals surface area contributed by atoms with Gasteiger partial charge in [-0.2, -0.15) is 0 Å². The number of halogens is 1. The second-order valence-corrected chi connectivity index (χ2v) is 9.89. The molecule has 2 aliphatic rings. The molecule has 10 nitrogen and oxygen atoms in total. The molecule has 1 saturated heterocycles. The van der Waals surface area contributed by atoms with E-state index in [-0.39, 0.29) is 6.61 Å². The molecule has 5 rings (SSSR count). The number of carbonyl (C=O) groups excluding carboxylic acids is 2. The minimum atomic E-state index is -2.24. The molecule has 1 aliphatic carbocycles. The number of imidazole rings is 1. The molecule has 0 amide bonds. The number of ether oxygens (including phenoxy) is 3. The number of rotatable bonds is 7. The minimum Gasteiger partial charge on any atom is -0.459 e. The molecule has 4 atom stereocenters. The van der Waals surface area contributed by atoms with Crippen molar-refractivity contribution in [2.24, 2.45) is 0 Å². The summed E-state index contributed by atoms with van der Waals surface area (Å²) in [5.41, 5.74) is -2.80. The van der Waals surface area contributed by atoms with Gasteiger partial charge in [-0.3, -0.25) is 9.36 Å². The van der Waals surface area contributed by atoms with Crippen LogP contribution in [0.4, 0.5) is 10.2 Å². The molecule has 196 valence electrons. The third-order valence-corrected chi connectivity index (χ3v) is 7.38. The second kappa shape index (κ2) is 9.70. The lowest BCUT2D eigenvalue weighted by atomic mass is 9.84. The zero-order valence-electron chi connectivity index (χ0n) is 21.0. The van der Waals surface area contributed by atoms with E-state index in [1.54, 1.807) is 30.3 Å². The van der Waals surface area contributed by atoms with Gasteiger partial charge >= 0.3 is 11.9 Å². The average molecular weight is 512 g/mol. The Hall–Kier alpha value is -3.60. The molecule has 0 spiro atoms. The first-order valence-corrected chi connectivity index (χ1v) is 12.4. The lowest BCUT2D eigenvalue weighted by Gasteiger charge is -2.36. The van der Waals surface area contributed by atoms with Gasteiger partial charge in [-0.15, -0.1) is 0 Å². The summed E-state index contributed by atoms with van der Waals surface area (Å²) < 4.78 is 35.2. The Kier molecular flexibility index (Phi) is 6.57. The molecule has 1 saturated carbocycles. The van der Waals surface area contributed by atoms with Crippen molar-refractivity contribution in [3.8, 4) is 0 Å². The Morgan fingerprint density at radius 2 is 1.89 bits per heavy atom. The Morgan fingerprint density at radius 3 is 2.59 bits per heavy atom. The monoisotopic (exact) mass is 511 g/mol. The van der Waals surface area contributed by atoms with E-state index >= 15 is 4.39 Å². The van der Waals surface area contributed by atoms with Crippen LogP contribution in [0, 0.1) is 0 Å². The summed E-state index contributed by atoms with van der Waals surface area (Å²) in [4.78, 5) is 37.7. The maximum atomic E-state index is 16.7. The summed E-state index contributed by atoms with van der Waals surface area (Å²) in [6.07, 6.45) is 4.87. The number of benzene rings is 1. The number of aromatic nitrogens is 4. The molecular weight excluding hydrogens is 481 g/mol. The SMILES string of the molecule is CC(=O)OC1(C)[C@@H](COC(=O)c2ccccc2)OC(n2cnc3c(NC4CCCC4)ncnc32)[C@]1(C)F. The van der Waals surface area contributed by atoms with Crippen molar-refractivity contribution >= 4 is 28.9 Å². The number of hydrogen-bond donors (Lipinski definition) is 1. The number of hydrogen-bond acceptors (Lipinski definition) is 9. The lowest BCUT2D eigenvalue weighted by Crippen LogP contribution is -2.55. The fourth-order valence-corrected chi connectivity index (χ4v) is 5.16. The Bertz CT molecular complexity index is 1290. The number of esters is 2. The van der Waals surface area contributed by atoms with Gasteiger partial charge in [-0.1, -0.05) is 31.0 Å². The van der Waals surface area contributed by atoms with E-state index < -0.39 is 35.5 Å². The van der Waals surface area contributed by atoms with Crippen molar-refractivity contribution in [3.63, 3.8) is 0 Å². The number of nitrogens with zero attached hydrogens (tertiary/aromatic N) is 4. The van der Waals surface area contributed by atoms with Crippen LogP contribution < -0.4 is 5.32 Å². The first-order valence-electron chi connectivity index (χ1n) is 12.4. The third kappa shape index (κ3) is 4.52. The summed E-state index contributed by atoms with van der Waals surface area (Å²) in [6, 6.07) is 8.72. The Labute approximate surface area is 213 Å². The van der Waals surface area contributed by atoms with Crippen molar-refractivity contribution in [3.05, 3.63) is 48.5 Å². The Balaban J connectivity index is 1.44. The van der Waals surface area contributed by atoms with Crippen LogP contribution in [0.15, 0.2) is 43.0 Å². The summed E-state index contributed by atoms with van der Waals surface area (Å²) in [6.45, 7) is 3.60. The van der Waals surface area contributed by atoms with Gasteiger partial charge in [0.25, 0.3) is 0 Å². The quantitative estimate of drug-likeness (QED) is 0.470. The fraction of sp³-hybridized carbons (Fsp3) is 0.500. The van der Waals surface area contributed by atoms with E-state index in [9.17, 15) is 9.59 Å². The van der Waals surface area contributed by atoms with Crippen LogP contribution >= 0.6 is 0 Å². The van der Waals surface area contributed by atoms with E-state index in [0.29, 0.717) is 28.6 Å². The predicted molar refractivity (Wildman–Crippen MR) is 132 cm³/mol. The zero-order valence-corrected chi connectivity index (χ0v) is 21.0. The standard InChI is InChI=1S/C26H30FN5O5/c1-16(33)37-26(3)19(13-35-23(34)17-9-5-4-6-10-17)36-24(25(26,2)27)32-15-30-20-21(28-14-29-22(20)32)31-18-11-7-8-12-18/h4-6,9-10,14-15,18-19,24H,7-8,11-13H2,1-3H3,(H,28,29,31)/t19-,24?,25+,26?/m1/s1. The summed E-state index contributed by atoms with van der Waals surface area (Å²) in [5.74, 6) is -0.706. The van der Waals surface area contributed by atoms with Gasteiger partial charge in [0.15, 0.2) is 34.5 Å². The molecule has 0 radical (unpaired) electrons. The molecule has 2 aromatic heterocycles. The number of carbonyl (C=O) groups is 2. The van der Waals surface area contributed by atoms with Crippen molar-refractivity contribution in [2.75, 3.05) is 11.9 Å². The lowest BCUT2D eigenvalue weighted by molar-refractivity contribution is -0.175. The summed E-state index contributed by atoms with van der Waals surface area (Å²) >= 11 is 0. The molecular formula is C26H30FN5O5. The molecule has 1 aliphatic heterocycles. The highest BCUT2D eigenvalue weighted by atomic mass is 19.1. The van der Waals surface area contributed by atoms with Crippen molar-refractivity contribution < 1.29 is 28.2 Å². The molecule has 11 heteroatoms. The number of anilines is 1. The normalized spacial score (nSPS) is 27.9. The van der Waals surface area contributed by atoms with Gasteiger partial charge in [0.2, 0.25) is 0 Å². The topological polar surface area (TPSA) is 117 Å². The van der Waals surface area contributed by atoms with Crippen LogP contribution in [0.2, 0.25) is 0 Å². The van der Waals surface area contributed by atoms with E-state index in [4.69, 9.17) is 14.2 Å². The highest BCUT2D eigenvalue weighted by Crippen LogP contribution is 2.51. The van der Waals surface area contributed by atoms with E-state index in [1.165, 1.54) is 38.0 Å². The van der Waals surface area contributed by atoms with Crippen LogP contribution in [0.5, 0.6) is 0 Å². The predicted octanol–water partition coefficient (Wildman–Crippen LogP) is 3.99. The van der Waals surface area contributed by atoms with E-state index in [0.717, 1.165) is 25.7 Å². The number of fused-ring (bicyclic) bond motifs is 1. The second-order valence-electron chi connectivity index (χ2n) is 9.89. The first-order chi connectivity index (χ1) is 17.7. The molecule has 0 bridgehead atoms. The maximum Gasteiger partial charge on any atom is 0.338 e. The van der Waals surface area contributed by atoms with Gasteiger partial charge in [0.1, 0.15) is 19.0 Å². The molecule has 2 unspecified atom stereocenters. The van der Waals surface area contributed by atoms with Gasteiger partial charge in [-0.25, -0.2) is 24.1 Å². The average Bonchev–Trinajstić information content (AvgIpc) is 3.57. The largest absolute Gasteiger partial charge is 0.459 e. The Morgan fingerprint density at radius 1 is 1.16 bits per heavy atom. The zero-order chi connectivity index (χ0) is 26.2. The van der Waals surface area contributed by atoms with Crippen LogP contribution in [0.25, 0.3) is 11.2 Å². The van der Waals surface area contributed by atoms with Gasteiger partial charge in [-0.05, 0) is 38.8 Å². The van der Waals surface area contributed by atoms with Crippen LogP contribution in [0.1, 0.15) is 63.0 Å². The minimum absolute atomic E-state index is 0.299. The smallest absolute Gasteiger partial charge is 0.338 e. The molecule has 1 aromatic carbocycles. The summed E-state index contributed by atoms with van der Waals surface area (Å²) in [7, 11) is 0. The third-order valence-electron chi connectivity index (χ3n) is 7.38. The van der Waals surface area contributed by atoms with Gasteiger partial charge < -0.3 is 19.5 Å². The highest BCUT2D eigenvalue weighted by Gasteiger charge is 2.66. The molecule has 3 aromatic rings. The van der Waals surface area contributed by atoms with Crippen molar-refractivity contribution in [1.82, 2.24) is 19.5 Å². The number of alkyl halides is 1. The van der Waals surface area contributed by atoms with Gasteiger partial charge in [0, 0.05) is 13.0 Å². The van der Waals surface area contributed by atoms with Gasteiger partial charge in [0.05, 0.1) is 11.9 Å². The molecule has 1 N–H and O–H groups in total. The maximum absolute atomic E-state index is 16.7. The van der Waals surface area contributed by atoms with Crippen LogP contribution in [-0.4, -0.2) is 61.5 Å². The van der Waals surface area contributed by atoms with Crippen molar-refractivity contribution in [2.45, 2.75) is 76.1 Å². The van der Waals surface area contributed by atoms with Crippen LogP contribution in [0.3, 0.4) is 0 Å². The number of nitrogens with one attached hydrogen (secondary N) is 1. The van der Waals surface area contributed by atoms with E-state index in [1.807, 2.05) is 0 Å². The fourth-order valence-electron chi connectivity index (χ4n) is 5.16. The van der Waals surface area contributed by atoms with Crippen molar-refractivity contribution in [1.29, 1.82) is 0 Å². The molecule has 2 fully saturated rings. The summed E-state index contributed by atoms with van der Waals surface area (Å²) in [5, 5.41) is 3.42. The highest BCUT2D eigenvalue weighted by molar-refractivity contribution is 5.89. The molecule has 3 heterocycles. The molecule has 37 heavy (non-hydrogen) atoms. The van der Waals surface area contributed by atoms with E-state index in [2.05, 4.69) is 20.3 Å². The van der Waals surface area contributed by atoms with Crippen LogP contribution in [-0.2, 0) is 19.0 Å². The first kappa shape index (κ1) is 25.1.